The van der Waals surface area contributed by atoms with Gasteiger partial charge in [-0.2, -0.15) is 0 Å². The predicted octanol–water partition coefficient (Wildman–Crippen LogP) is 3.40. The maximum absolute atomic E-state index is 12.4. The first-order valence-corrected chi connectivity index (χ1v) is 9.55. The number of likely N-dealkylation sites (tertiary alicyclic amines) is 1. The lowest BCUT2D eigenvalue weighted by atomic mass is 10.2. The summed E-state index contributed by atoms with van der Waals surface area (Å²) in [6, 6.07) is 16.7. The minimum absolute atomic E-state index is 0.00902. The van der Waals surface area contributed by atoms with Gasteiger partial charge >= 0.3 is 0 Å². The zero-order valence-electron chi connectivity index (χ0n) is 15.5. The molecular formula is C22H26N2O3. The maximum Gasteiger partial charge on any atom is 0.260 e. The summed E-state index contributed by atoms with van der Waals surface area (Å²) in [5.41, 5.74) is 1.56. The number of hydrogen-bond acceptors (Lipinski definition) is 3. The smallest absolute Gasteiger partial charge is 0.260 e. The van der Waals surface area contributed by atoms with Crippen LogP contribution in [0.25, 0.3) is 0 Å². The van der Waals surface area contributed by atoms with Crippen molar-refractivity contribution in [3.05, 3.63) is 65.7 Å². The molecule has 1 aliphatic heterocycles. The molecule has 2 amide bonds. The van der Waals surface area contributed by atoms with E-state index in [2.05, 4.69) is 5.32 Å². The highest BCUT2D eigenvalue weighted by Crippen LogP contribution is 2.15. The van der Waals surface area contributed by atoms with Gasteiger partial charge in [-0.15, -0.1) is 0 Å². The molecule has 0 aliphatic carbocycles. The molecular weight excluding hydrogens is 340 g/mol. The van der Waals surface area contributed by atoms with Crippen LogP contribution in [0.3, 0.4) is 0 Å². The highest BCUT2D eigenvalue weighted by Gasteiger charge is 2.16. The van der Waals surface area contributed by atoms with Crippen molar-refractivity contribution in [2.45, 2.75) is 32.2 Å². The van der Waals surface area contributed by atoms with Gasteiger partial charge < -0.3 is 15.0 Å². The fourth-order valence-electron chi connectivity index (χ4n) is 3.16. The Kier molecular flexibility index (Phi) is 6.85. The van der Waals surface area contributed by atoms with Crippen molar-refractivity contribution >= 4 is 11.8 Å². The van der Waals surface area contributed by atoms with Gasteiger partial charge in [0.1, 0.15) is 5.75 Å². The summed E-state index contributed by atoms with van der Waals surface area (Å²) < 4.78 is 5.64. The molecule has 1 saturated heterocycles. The van der Waals surface area contributed by atoms with Gasteiger partial charge in [-0.25, -0.2) is 0 Å². The van der Waals surface area contributed by atoms with Crippen LogP contribution in [0, 0.1) is 0 Å². The van der Waals surface area contributed by atoms with E-state index in [4.69, 9.17) is 4.74 Å². The van der Waals surface area contributed by atoms with Gasteiger partial charge in [-0.1, -0.05) is 49.2 Å². The number of nitrogens with one attached hydrogen (secondary N) is 1. The van der Waals surface area contributed by atoms with E-state index in [1.54, 1.807) is 24.3 Å². The zero-order chi connectivity index (χ0) is 18.9. The Hall–Kier alpha value is -2.82. The number of carbonyl (C=O) groups excluding carboxylic acids is 2. The molecule has 27 heavy (non-hydrogen) atoms. The van der Waals surface area contributed by atoms with Crippen molar-refractivity contribution in [2.24, 2.45) is 0 Å². The molecule has 1 heterocycles. The fourth-order valence-corrected chi connectivity index (χ4v) is 3.16. The van der Waals surface area contributed by atoms with Crippen LogP contribution in [0.2, 0.25) is 0 Å². The van der Waals surface area contributed by atoms with E-state index in [1.807, 2.05) is 35.2 Å². The Balaban J connectivity index is 1.52. The van der Waals surface area contributed by atoms with Crippen LogP contribution in [-0.4, -0.2) is 36.4 Å². The molecule has 1 fully saturated rings. The van der Waals surface area contributed by atoms with E-state index in [1.165, 1.54) is 12.8 Å². The van der Waals surface area contributed by atoms with Crippen molar-refractivity contribution in [3.8, 4) is 5.75 Å². The molecule has 5 nitrogen and oxygen atoms in total. The Bertz CT molecular complexity index is 753. The molecule has 0 spiro atoms. The van der Waals surface area contributed by atoms with Crippen molar-refractivity contribution in [1.82, 2.24) is 10.2 Å². The largest absolute Gasteiger partial charge is 0.484 e. The van der Waals surface area contributed by atoms with Crippen molar-refractivity contribution in [3.63, 3.8) is 0 Å². The lowest BCUT2D eigenvalue weighted by Gasteiger charge is -2.20. The molecule has 0 atom stereocenters. The van der Waals surface area contributed by atoms with E-state index in [9.17, 15) is 9.59 Å². The maximum atomic E-state index is 12.4. The van der Waals surface area contributed by atoms with E-state index < -0.39 is 0 Å². The minimum atomic E-state index is -0.164. The average molecular weight is 366 g/mol. The number of rotatable bonds is 6. The van der Waals surface area contributed by atoms with Gasteiger partial charge in [0.25, 0.3) is 11.8 Å². The molecule has 0 aromatic heterocycles. The van der Waals surface area contributed by atoms with E-state index in [-0.39, 0.29) is 18.4 Å². The summed E-state index contributed by atoms with van der Waals surface area (Å²) in [4.78, 5) is 26.6. The summed E-state index contributed by atoms with van der Waals surface area (Å²) in [7, 11) is 0. The summed E-state index contributed by atoms with van der Waals surface area (Å²) in [6.07, 6.45) is 4.49. The zero-order valence-corrected chi connectivity index (χ0v) is 15.5. The topological polar surface area (TPSA) is 58.6 Å². The molecule has 142 valence electrons. The van der Waals surface area contributed by atoms with Gasteiger partial charge in [-0.05, 0) is 36.6 Å². The van der Waals surface area contributed by atoms with Gasteiger partial charge in [0.05, 0.1) is 0 Å². The SMILES string of the molecule is O=C(NCc1ccccc1)c1cccc(OCC(=O)N2CCCCCC2)c1. The van der Waals surface area contributed by atoms with Crippen molar-refractivity contribution in [1.29, 1.82) is 0 Å². The molecule has 2 aromatic rings. The minimum Gasteiger partial charge on any atom is -0.484 e. The Morgan fingerprint density at radius 2 is 1.67 bits per heavy atom. The summed E-state index contributed by atoms with van der Waals surface area (Å²) >= 11 is 0. The average Bonchev–Trinajstić information content (AvgIpc) is 3.01. The number of nitrogens with zero attached hydrogens (tertiary/aromatic N) is 1. The fraction of sp³-hybridized carbons (Fsp3) is 0.364. The summed E-state index contributed by atoms with van der Waals surface area (Å²) in [6.45, 7) is 2.10. The van der Waals surface area contributed by atoms with Gasteiger partial charge in [0.2, 0.25) is 0 Å². The molecule has 0 unspecified atom stereocenters. The van der Waals surface area contributed by atoms with Crippen LogP contribution in [0.1, 0.15) is 41.6 Å². The third kappa shape index (κ3) is 5.84. The Morgan fingerprint density at radius 3 is 2.41 bits per heavy atom. The summed E-state index contributed by atoms with van der Waals surface area (Å²) in [5.74, 6) is 0.379. The second-order valence-electron chi connectivity index (χ2n) is 6.78. The second-order valence-corrected chi connectivity index (χ2v) is 6.78. The van der Waals surface area contributed by atoms with Gasteiger partial charge in [0.15, 0.2) is 6.61 Å². The number of benzene rings is 2. The van der Waals surface area contributed by atoms with E-state index in [0.29, 0.717) is 17.9 Å². The molecule has 3 rings (SSSR count). The summed E-state index contributed by atoms with van der Waals surface area (Å²) in [5, 5.41) is 2.90. The highest BCUT2D eigenvalue weighted by molar-refractivity contribution is 5.94. The van der Waals surface area contributed by atoms with Crippen LogP contribution < -0.4 is 10.1 Å². The monoisotopic (exact) mass is 366 g/mol. The molecule has 1 N–H and O–H groups in total. The number of carbonyl (C=O) groups is 2. The van der Waals surface area contributed by atoms with Crippen LogP contribution in [0.5, 0.6) is 5.75 Å². The Labute approximate surface area is 160 Å². The predicted molar refractivity (Wildman–Crippen MR) is 105 cm³/mol. The first kappa shape index (κ1) is 19.0. The van der Waals surface area contributed by atoms with Gasteiger partial charge in [0, 0.05) is 25.2 Å². The van der Waals surface area contributed by atoms with Crippen LogP contribution >= 0.6 is 0 Å². The van der Waals surface area contributed by atoms with Gasteiger partial charge in [-0.3, -0.25) is 9.59 Å². The number of amides is 2. The third-order valence-electron chi connectivity index (χ3n) is 4.71. The molecule has 1 aliphatic rings. The van der Waals surface area contributed by atoms with E-state index in [0.717, 1.165) is 31.5 Å². The number of hydrogen-bond donors (Lipinski definition) is 1. The molecule has 0 saturated carbocycles. The normalized spacial score (nSPS) is 14.3. The number of ether oxygens (including phenoxy) is 1. The van der Waals surface area contributed by atoms with Crippen LogP contribution in [0.15, 0.2) is 54.6 Å². The van der Waals surface area contributed by atoms with Crippen LogP contribution in [0.4, 0.5) is 0 Å². The molecule has 0 radical (unpaired) electrons. The highest BCUT2D eigenvalue weighted by atomic mass is 16.5. The standard InChI is InChI=1S/C22H26N2O3/c25-21(24-13-6-1-2-7-14-24)17-27-20-12-8-11-19(15-20)22(26)23-16-18-9-4-3-5-10-18/h3-5,8-12,15H,1-2,6-7,13-14,16-17H2,(H,23,26). The Morgan fingerprint density at radius 1 is 0.926 bits per heavy atom. The van der Waals surface area contributed by atoms with E-state index >= 15 is 0 Å². The second kappa shape index (κ2) is 9.76. The molecule has 2 aromatic carbocycles. The first-order valence-electron chi connectivity index (χ1n) is 9.55. The lowest BCUT2D eigenvalue weighted by Crippen LogP contribution is -2.35. The molecule has 0 bridgehead atoms. The third-order valence-corrected chi connectivity index (χ3v) is 4.71. The van der Waals surface area contributed by atoms with Crippen molar-refractivity contribution < 1.29 is 14.3 Å². The first-order chi connectivity index (χ1) is 13.2. The van der Waals surface area contributed by atoms with Crippen molar-refractivity contribution in [2.75, 3.05) is 19.7 Å². The quantitative estimate of drug-likeness (QED) is 0.852. The van der Waals surface area contributed by atoms with Crippen LogP contribution in [-0.2, 0) is 11.3 Å². The lowest BCUT2D eigenvalue weighted by molar-refractivity contribution is -0.133. The molecule has 5 heteroatoms.